The van der Waals surface area contributed by atoms with Crippen LogP contribution in [-0.2, 0) is 19.5 Å². The van der Waals surface area contributed by atoms with Crippen LogP contribution in [0.15, 0.2) is 36.7 Å². The highest BCUT2D eigenvalue weighted by atomic mass is 15.4. The van der Waals surface area contributed by atoms with E-state index in [4.69, 9.17) is 0 Å². The number of aromatic nitrogens is 6. The van der Waals surface area contributed by atoms with Gasteiger partial charge >= 0.3 is 0 Å². The highest BCUT2D eigenvalue weighted by Gasteiger charge is 2.28. The molecule has 2 aliphatic rings. The Morgan fingerprint density at radius 3 is 2.88 bits per heavy atom. The average Bonchev–Trinajstić information content (AvgIpc) is 3.39. The number of nitrogens with zero attached hydrogens (tertiary/aromatic N) is 7. The fraction of sp³-hybridized carbons (Fsp3) is 0.474. The van der Waals surface area contributed by atoms with Crippen molar-refractivity contribution in [2.24, 2.45) is 0 Å². The molecule has 26 heavy (non-hydrogen) atoms. The molecule has 1 atom stereocenters. The molecule has 0 spiro atoms. The molecule has 0 radical (unpaired) electrons. The minimum Gasteiger partial charge on any atom is -0.315 e. The molecule has 1 aromatic carbocycles. The van der Waals surface area contributed by atoms with E-state index in [9.17, 15) is 0 Å². The molecule has 7 heteroatoms. The lowest BCUT2D eigenvalue weighted by molar-refractivity contribution is 0.189. The summed E-state index contributed by atoms with van der Waals surface area (Å²) in [5.41, 5.74) is 1.06. The van der Waals surface area contributed by atoms with Gasteiger partial charge in [0, 0.05) is 25.4 Å². The molecule has 0 bridgehead atoms. The van der Waals surface area contributed by atoms with Crippen molar-refractivity contribution in [1.82, 2.24) is 34.4 Å². The van der Waals surface area contributed by atoms with E-state index in [-0.39, 0.29) is 0 Å². The van der Waals surface area contributed by atoms with Crippen LogP contribution < -0.4 is 0 Å². The molecule has 0 amide bonds. The predicted octanol–water partition coefficient (Wildman–Crippen LogP) is 2.18. The zero-order valence-electron chi connectivity index (χ0n) is 14.8. The third kappa shape index (κ3) is 2.82. The Balaban J connectivity index is 1.33. The Morgan fingerprint density at radius 2 is 1.96 bits per heavy atom. The lowest BCUT2D eigenvalue weighted by atomic mass is 9.97. The second kappa shape index (κ2) is 6.64. The molecule has 0 saturated carbocycles. The van der Waals surface area contributed by atoms with E-state index in [0.717, 1.165) is 44.1 Å². The molecule has 0 aliphatic carbocycles. The van der Waals surface area contributed by atoms with E-state index < -0.39 is 0 Å². The highest BCUT2D eigenvalue weighted by molar-refractivity contribution is 5.30. The molecular formula is C19H23N7. The predicted molar refractivity (Wildman–Crippen MR) is 97.0 cm³/mol. The minimum absolute atomic E-state index is 0.469. The highest BCUT2D eigenvalue weighted by Crippen LogP contribution is 2.29. The van der Waals surface area contributed by atoms with Gasteiger partial charge in [0.1, 0.15) is 23.8 Å². The van der Waals surface area contributed by atoms with Crippen molar-refractivity contribution in [3.8, 4) is 5.69 Å². The van der Waals surface area contributed by atoms with Crippen molar-refractivity contribution in [2.45, 2.75) is 44.7 Å². The lowest BCUT2D eigenvalue weighted by Crippen LogP contribution is -2.35. The average molecular weight is 349 g/mol. The van der Waals surface area contributed by atoms with Crippen LogP contribution in [0.25, 0.3) is 5.69 Å². The summed E-state index contributed by atoms with van der Waals surface area (Å²) < 4.78 is 4.29. The van der Waals surface area contributed by atoms with Crippen LogP contribution in [0, 0.1) is 0 Å². The Labute approximate surface area is 152 Å². The Bertz CT molecular complexity index is 882. The maximum atomic E-state index is 4.51. The number of aryl methyl sites for hydroxylation is 1. The smallest absolute Gasteiger partial charge is 0.146 e. The summed E-state index contributed by atoms with van der Waals surface area (Å²) in [5, 5.41) is 13.3. The number of hydrogen-bond donors (Lipinski definition) is 0. The Hall–Kier alpha value is -2.54. The largest absolute Gasteiger partial charge is 0.315 e. The molecule has 1 fully saturated rings. The van der Waals surface area contributed by atoms with Gasteiger partial charge in [0.25, 0.3) is 0 Å². The molecule has 134 valence electrons. The second-order valence-electron chi connectivity index (χ2n) is 7.23. The van der Waals surface area contributed by atoms with E-state index in [0.29, 0.717) is 5.92 Å². The van der Waals surface area contributed by atoms with Gasteiger partial charge in [-0.15, -0.1) is 10.2 Å². The van der Waals surface area contributed by atoms with Gasteiger partial charge in [-0.3, -0.25) is 4.90 Å². The first-order valence-corrected chi connectivity index (χ1v) is 9.47. The van der Waals surface area contributed by atoms with E-state index in [2.05, 4.69) is 41.9 Å². The number of hydrogen-bond acceptors (Lipinski definition) is 5. The Kier molecular flexibility index (Phi) is 4.01. The monoisotopic (exact) mass is 349 g/mol. The fourth-order valence-corrected chi connectivity index (χ4v) is 4.24. The number of rotatable bonds is 4. The molecule has 0 N–H and O–H groups in total. The van der Waals surface area contributed by atoms with E-state index in [1.54, 1.807) is 6.33 Å². The fourth-order valence-electron chi connectivity index (χ4n) is 4.24. The summed E-state index contributed by atoms with van der Waals surface area (Å²) in [6, 6.07) is 10.2. The zero-order valence-corrected chi connectivity index (χ0v) is 14.8. The van der Waals surface area contributed by atoms with Gasteiger partial charge in [-0.25, -0.2) is 9.67 Å². The maximum Gasteiger partial charge on any atom is 0.146 e. The van der Waals surface area contributed by atoms with Gasteiger partial charge in [0.15, 0.2) is 0 Å². The number of benzene rings is 1. The molecule has 2 aromatic heterocycles. The lowest BCUT2D eigenvalue weighted by Gasteiger charge is -2.31. The molecular weight excluding hydrogens is 326 g/mol. The summed E-state index contributed by atoms with van der Waals surface area (Å²) in [4.78, 5) is 6.99. The summed E-state index contributed by atoms with van der Waals surface area (Å²) >= 11 is 0. The van der Waals surface area contributed by atoms with E-state index in [1.807, 2.05) is 22.9 Å². The molecule has 2 aliphatic heterocycles. The van der Waals surface area contributed by atoms with Crippen LogP contribution in [0.2, 0.25) is 0 Å². The molecule has 3 aromatic rings. The number of piperidine rings is 1. The van der Waals surface area contributed by atoms with Crippen molar-refractivity contribution in [1.29, 1.82) is 0 Å². The van der Waals surface area contributed by atoms with Gasteiger partial charge in [0.2, 0.25) is 0 Å². The Morgan fingerprint density at radius 1 is 1.04 bits per heavy atom. The number of likely N-dealkylation sites (tertiary alicyclic amines) is 1. The van der Waals surface area contributed by atoms with E-state index in [1.165, 1.54) is 30.9 Å². The number of fused-ring (bicyclic) bond motifs is 1. The molecule has 0 unspecified atom stereocenters. The molecule has 7 nitrogen and oxygen atoms in total. The van der Waals surface area contributed by atoms with Gasteiger partial charge in [-0.2, -0.15) is 5.10 Å². The first kappa shape index (κ1) is 15.7. The SMILES string of the molecule is c1ccc(-n2ncnc2CN2CCC[C@H](c3nnc4n3CCC4)C2)cc1. The molecule has 1 saturated heterocycles. The minimum atomic E-state index is 0.469. The van der Waals surface area contributed by atoms with Crippen molar-refractivity contribution in [3.05, 3.63) is 54.1 Å². The first-order valence-electron chi connectivity index (χ1n) is 9.47. The topological polar surface area (TPSA) is 64.7 Å². The van der Waals surface area contributed by atoms with E-state index >= 15 is 0 Å². The van der Waals surface area contributed by atoms with Crippen LogP contribution in [0.4, 0.5) is 0 Å². The standard InChI is InChI=1S/C19H23N7/c1-2-7-16(8-3-1)26-18(20-14-21-26)13-24-10-4-6-15(12-24)19-23-22-17-9-5-11-25(17)19/h1-3,7-8,14-15H,4-6,9-13H2/t15-/m0/s1. The molecule has 5 rings (SSSR count). The summed E-state index contributed by atoms with van der Waals surface area (Å²) in [7, 11) is 0. The quantitative estimate of drug-likeness (QED) is 0.722. The number of para-hydroxylation sites is 1. The third-order valence-corrected chi connectivity index (χ3v) is 5.49. The summed E-state index contributed by atoms with van der Waals surface area (Å²) in [5.74, 6) is 3.81. The zero-order chi connectivity index (χ0) is 17.3. The van der Waals surface area contributed by atoms with Crippen LogP contribution >= 0.6 is 0 Å². The van der Waals surface area contributed by atoms with Crippen molar-refractivity contribution < 1.29 is 0 Å². The van der Waals surface area contributed by atoms with Crippen molar-refractivity contribution >= 4 is 0 Å². The van der Waals surface area contributed by atoms with Gasteiger partial charge in [-0.1, -0.05) is 18.2 Å². The second-order valence-corrected chi connectivity index (χ2v) is 7.23. The molecule has 4 heterocycles. The summed E-state index contributed by atoms with van der Waals surface area (Å²) in [6.45, 7) is 4.00. The van der Waals surface area contributed by atoms with Crippen molar-refractivity contribution in [3.63, 3.8) is 0 Å². The maximum absolute atomic E-state index is 4.51. The third-order valence-electron chi connectivity index (χ3n) is 5.49. The first-order chi connectivity index (χ1) is 12.9. The van der Waals surface area contributed by atoms with Gasteiger partial charge in [0.05, 0.1) is 12.2 Å². The van der Waals surface area contributed by atoms with Crippen LogP contribution in [-0.4, -0.2) is 47.5 Å². The summed E-state index contributed by atoms with van der Waals surface area (Å²) in [6.07, 6.45) is 6.31. The van der Waals surface area contributed by atoms with Gasteiger partial charge < -0.3 is 4.57 Å². The van der Waals surface area contributed by atoms with Crippen molar-refractivity contribution in [2.75, 3.05) is 13.1 Å². The van der Waals surface area contributed by atoms with Crippen LogP contribution in [0.3, 0.4) is 0 Å². The normalized spacial score (nSPS) is 20.4. The van der Waals surface area contributed by atoms with Crippen LogP contribution in [0.1, 0.15) is 42.7 Å². The van der Waals surface area contributed by atoms with Gasteiger partial charge in [-0.05, 0) is 37.9 Å². The van der Waals surface area contributed by atoms with Crippen LogP contribution in [0.5, 0.6) is 0 Å².